The smallest absolute Gasteiger partial charge is 0.418 e. The minimum Gasteiger partial charge on any atom is -0.496 e. The predicted octanol–water partition coefficient (Wildman–Crippen LogP) is 8.12. The van der Waals surface area contributed by atoms with Gasteiger partial charge in [0.05, 0.1) is 23.9 Å². The molecule has 1 aromatic heterocycles. The van der Waals surface area contributed by atoms with E-state index in [-0.39, 0.29) is 17.8 Å². The highest BCUT2D eigenvalue weighted by Gasteiger charge is 2.34. The number of nitrogens with one attached hydrogen (secondary N) is 1. The third-order valence-electron chi connectivity index (χ3n) is 6.77. The van der Waals surface area contributed by atoms with Gasteiger partial charge in [0, 0.05) is 29.0 Å². The molecule has 6 nitrogen and oxygen atoms in total. The number of carbonyl (C=O) groups excluding carboxylic acids is 2. The number of pyridine rings is 1. The average Bonchev–Trinajstić information content (AvgIpc) is 2.97. The molecule has 0 aliphatic heterocycles. The van der Waals surface area contributed by atoms with Gasteiger partial charge in [0.25, 0.3) is 0 Å². The number of halogens is 4. The highest BCUT2D eigenvalue weighted by Crippen LogP contribution is 2.38. The molecule has 42 heavy (non-hydrogen) atoms. The minimum atomic E-state index is -4.75. The third kappa shape index (κ3) is 5.87. The Hall–Kier alpha value is -4.63. The third-order valence-corrected chi connectivity index (χ3v) is 7.01. The summed E-state index contributed by atoms with van der Waals surface area (Å²) in [5, 5.41) is 4.14. The van der Waals surface area contributed by atoms with Crippen LogP contribution in [0.5, 0.6) is 17.2 Å². The van der Waals surface area contributed by atoms with Crippen LogP contribution in [0.15, 0.2) is 79.0 Å². The summed E-state index contributed by atoms with van der Waals surface area (Å²) in [7, 11) is 1.59. The van der Waals surface area contributed by atoms with E-state index in [0.717, 1.165) is 28.6 Å². The number of ether oxygens (including phenoxy) is 2. The summed E-state index contributed by atoms with van der Waals surface area (Å²) >= 11 is 5.43. The number of benzene rings is 4. The van der Waals surface area contributed by atoms with Crippen molar-refractivity contribution < 1.29 is 32.2 Å². The average molecular weight is 593 g/mol. The molecule has 0 atom stereocenters. The first-order valence-corrected chi connectivity index (χ1v) is 13.3. The summed E-state index contributed by atoms with van der Waals surface area (Å²) < 4.78 is 53.0. The summed E-state index contributed by atoms with van der Waals surface area (Å²) in [5.74, 6) is 0.0906. The molecule has 0 fully saturated rings. The maximum absolute atomic E-state index is 13.7. The van der Waals surface area contributed by atoms with E-state index in [1.54, 1.807) is 49.7 Å². The Balaban J connectivity index is 1.48. The van der Waals surface area contributed by atoms with Gasteiger partial charge in [-0.2, -0.15) is 13.2 Å². The molecule has 0 unspecified atom stereocenters. The van der Waals surface area contributed by atoms with E-state index in [4.69, 9.17) is 21.1 Å². The summed E-state index contributed by atoms with van der Waals surface area (Å²) in [6, 6.07) is 19.3. The molecule has 0 bridgehead atoms. The fraction of sp³-hybridized carbons (Fsp3) is 0.156. The number of aromatic nitrogens is 1. The summed E-state index contributed by atoms with van der Waals surface area (Å²) in [6.07, 6.45) is -3.39. The first-order chi connectivity index (χ1) is 20.1. The molecule has 5 aromatic rings. The van der Waals surface area contributed by atoms with Gasteiger partial charge >= 0.3 is 6.18 Å². The van der Waals surface area contributed by atoms with Crippen LogP contribution in [-0.2, 0) is 17.4 Å². The highest BCUT2D eigenvalue weighted by molar-refractivity contribution is 6.29. The molecule has 214 valence electrons. The molecular weight excluding hydrogens is 569 g/mol. The van der Waals surface area contributed by atoms with Crippen molar-refractivity contribution in [1.29, 1.82) is 0 Å². The highest BCUT2D eigenvalue weighted by atomic mass is 35.5. The van der Waals surface area contributed by atoms with Crippen LogP contribution in [-0.4, -0.2) is 29.7 Å². The molecule has 10 heteroatoms. The quantitative estimate of drug-likeness (QED) is 0.145. The first-order valence-electron chi connectivity index (χ1n) is 12.8. The number of amides is 1. The fourth-order valence-electron chi connectivity index (χ4n) is 4.80. The van der Waals surface area contributed by atoms with Crippen LogP contribution in [0.2, 0.25) is 0 Å². The Morgan fingerprint density at radius 1 is 0.905 bits per heavy atom. The van der Waals surface area contributed by atoms with Crippen LogP contribution in [0.1, 0.15) is 27.0 Å². The van der Waals surface area contributed by atoms with E-state index in [2.05, 4.69) is 10.3 Å². The normalized spacial score (nSPS) is 11.5. The number of rotatable bonds is 8. The van der Waals surface area contributed by atoms with Gasteiger partial charge in [-0.25, -0.2) is 0 Å². The summed E-state index contributed by atoms with van der Waals surface area (Å²) in [5.41, 5.74) is 0.661. The lowest BCUT2D eigenvalue weighted by Crippen LogP contribution is -2.18. The number of aryl methyl sites for hydroxylation is 1. The van der Waals surface area contributed by atoms with Crippen molar-refractivity contribution in [1.82, 2.24) is 4.98 Å². The maximum atomic E-state index is 13.7. The number of Topliss-reactive ketones (excluding diaryl/α,β-unsaturated/α-hetero) is 1. The topological polar surface area (TPSA) is 77.5 Å². The molecule has 0 radical (unpaired) electrons. The van der Waals surface area contributed by atoms with E-state index in [9.17, 15) is 22.8 Å². The Labute approximate surface area is 244 Å². The SMILES string of the molecule is COc1cc2c(Oc3cccc4c(C(=O)Cc5ccc(NC(=O)CCl)c(C(F)(F)F)c5)cccc34)ccnc2cc1C. The van der Waals surface area contributed by atoms with Crippen molar-refractivity contribution in [3.63, 3.8) is 0 Å². The number of nitrogens with zero attached hydrogens (tertiary/aromatic N) is 1. The number of hydrogen-bond acceptors (Lipinski definition) is 5. The van der Waals surface area contributed by atoms with Gasteiger partial charge in [-0.1, -0.05) is 36.4 Å². The summed E-state index contributed by atoms with van der Waals surface area (Å²) in [6.45, 7) is 1.93. The largest absolute Gasteiger partial charge is 0.496 e. The van der Waals surface area contributed by atoms with Gasteiger partial charge in [-0.3, -0.25) is 14.6 Å². The van der Waals surface area contributed by atoms with Crippen LogP contribution in [0.25, 0.3) is 21.7 Å². The zero-order valence-corrected chi connectivity index (χ0v) is 23.3. The molecule has 0 saturated heterocycles. The molecule has 0 aliphatic rings. The Morgan fingerprint density at radius 3 is 2.38 bits per heavy atom. The Kier molecular flexibility index (Phi) is 8.04. The second-order valence-electron chi connectivity index (χ2n) is 9.57. The number of anilines is 1. The van der Waals surface area contributed by atoms with Crippen molar-refractivity contribution in [3.05, 3.63) is 101 Å². The number of fused-ring (bicyclic) bond motifs is 2. The van der Waals surface area contributed by atoms with Crippen molar-refractivity contribution in [2.45, 2.75) is 19.5 Å². The lowest BCUT2D eigenvalue weighted by atomic mass is 9.96. The van der Waals surface area contributed by atoms with Crippen molar-refractivity contribution >= 4 is 50.7 Å². The molecule has 1 N–H and O–H groups in total. The van der Waals surface area contributed by atoms with Crippen LogP contribution >= 0.6 is 11.6 Å². The fourth-order valence-corrected chi connectivity index (χ4v) is 4.87. The van der Waals surface area contributed by atoms with Gasteiger partial charge in [0.15, 0.2) is 5.78 Å². The van der Waals surface area contributed by atoms with Crippen LogP contribution in [0, 0.1) is 6.92 Å². The predicted molar refractivity (Wildman–Crippen MR) is 156 cm³/mol. The van der Waals surface area contributed by atoms with Crippen LogP contribution in [0.4, 0.5) is 18.9 Å². The van der Waals surface area contributed by atoms with E-state index in [1.807, 2.05) is 25.1 Å². The molecule has 0 spiro atoms. The van der Waals surface area contributed by atoms with E-state index in [1.165, 1.54) is 6.07 Å². The van der Waals surface area contributed by atoms with Gasteiger partial charge in [0.2, 0.25) is 5.91 Å². The Morgan fingerprint density at radius 2 is 1.64 bits per heavy atom. The molecule has 5 rings (SSSR count). The lowest BCUT2D eigenvalue weighted by Gasteiger charge is -2.15. The van der Waals surface area contributed by atoms with Crippen LogP contribution in [0.3, 0.4) is 0 Å². The number of hydrogen-bond donors (Lipinski definition) is 1. The number of alkyl halides is 4. The number of ketones is 1. The van der Waals surface area contributed by atoms with Gasteiger partial charge in [-0.05, 0) is 59.8 Å². The van der Waals surface area contributed by atoms with Crippen molar-refractivity contribution in [2.75, 3.05) is 18.3 Å². The second kappa shape index (κ2) is 11.7. The Bertz CT molecular complexity index is 1840. The second-order valence-corrected chi connectivity index (χ2v) is 9.83. The molecule has 1 amide bonds. The zero-order chi connectivity index (χ0) is 30.0. The van der Waals surface area contributed by atoms with E-state index in [0.29, 0.717) is 33.6 Å². The molecular formula is C32H24ClF3N2O4. The van der Waals surface area contributed by atoms with E-state index >= 15 is 0 Å². The monoisotopic (exact) mass is 592 g/mol. The number of carbonyl (C=O) groups is 2. The molecule has 0 saturated carbocycles. The standard InChI is InChI=1S/C32H24ClF3N2O4/c1-18-13-26-23(16-30(18)41-2)29(11-12-37-26)42-28-8-4-5-20-21(6-3-7-22(20)28)27(39)15-19-9-10-25(38-31(40)17-33)24(14-19)32(34,35)36/h3-14,16H,15,17H2,1-2H3,(H,38,40). The van der Waals surface area contributed by atoms with Crippen molar-refractivity contribution in [3.8, 4) is 17.2 Å². The first kappa shape index (κ1) is 28.9. The van der Waals surface area contributed by atoms with Gasteiger partial charge in [0.1, 0.15) is 23.1 Å². The molecule has 0 aliphatic carbocycles. The van der Waals surface area contributed by atoms with Crippen molar-refractivity contribution in [2.24, 2.45) is 0 Å². The maximum Gasteiger partial charge on any atom is 0.418 e. The molecule has 1 heterocycles. The minimum absolute atomic E-state index is 0.146. The zero-order valence-electron chi connectivity index (χ0n) is 22.5. The molecule has 4 aromatic carbocycles. The van der Waals surface area contributed by atoms with E-state index < -0.39 is 29.2 Å². The van der Waals surface area contributed by atoms with Gasteiger partial charge < -0.3 is 14.8 Å². The summed E-state index contributed by atoms with van der Waals surface area (Å²) in [4.78, 5) is 29.4. The number of methoxy groups -OCH3 is 1. The van der Waals surface area contributed by atoms with Gasteiger partial charge in [-0.15, -0.1) is 11.6 Å². The van der Waals surface area contributed by atoms with Crippen LogP contribution < -0.4 is 14.8 Å². The lowest BCUT2D eigenvalue weighted by molar-refractivity contribution is -0.137.